The van der Waals surface area contributed by atoms with Crippen molar-refractivity contribution < 1.29 is 0 Å². The minimum absolute atomic E-state index is 0.161. The normalized spacial score (nSPS) is 12.7. The van der Waals surface area contributed by atoms with E-state index >= 15 is 0 Å². The average molecular weight is 1650 g/mol. The minimum atomic E-state index is 0.161. The molecule has 0 aliphatic heterocycles. The lowest BCUT2D eigenvalue weighted by Crippen LogP contribution is -2.21. The van der Waals surface area contributed by atoms with Crippen molar-refractivity contribution in [2.75, 3.05) is 0 Å². The van der Waals surface area contributed by atoms with Gasteiger partial charge in [0.1, 0.15) is 0 Å². The fourth-order valence-electron chi connectivity index (χ4n) is 14.4. The first-order valence-corrected chi connectivity index (χ1v) is 46.0. The zero-order chi connectivity index (χ0) is 93.7. The maximum atomic E-state index is 2.35. The predicted octanol–water partition coefficient (Wildman–Crippen LogP) is 36.9. The van der Waals surface area contributed by atoms with Crippen LogP contribution in [-0.2, 0) is 75.8 Å². The van der Waals surface area contributed by atoms with Gasteiger partial charge in [0.15, 0.2) is 0 Å². The summed E-state index contributed by atoms with van der Waals surface area (Å²) in [4.78, 5) is 0. The van der Waals surface area contributed by atoms with Crippen molar-refractivity contribution in [2.24, 2.45) is 0 Å². The highest BCUT2D eigenvalue weighted by Crippen LogP contribution is 2.40. The van der Waals surface area contributed by atoms with Crippen LogP contribution in [0.2, 0.25) is 0 Å². The van der Waals surface area contributed by atoms with Gasteiger partial charge >= 0.3 is 0 Å². The van der Waals surface area contributed by atoms with E-state index in [-0.39, 0.29) is 75.8 Å². The van der Waals surface area contributed by atoms with Crippen LogP contribution in [0, 0.1) is 6.92 Å². The highest BCUT2D eigenvalue weighted by Gasteiger charge is 2.27. The summed E-state index contributed by atoms with van der Waals surface area (Å²) in [5.41, 5.74) is 34.6. The summed E-state index contributed by atoms with van der Waals surface area (Å²) in [7, 11) is 0. The van der Waals surface area contributed by atoms with Gasteiger partial charge in [-0.2, -0.15) is 0 Å². The molecule has 11 aromatic rings. The number of aryl methyl sites for hydroxylation is 1. The van der Waals surface area contributed by atoms with Gasteiger partial charge in [-0.05, 0) is 205 Å². The van der Waals surface area contributed by atoms with Crippen LogP contribution >= 0.6 is 0 Å². The van der Waals surface area contributed by atoms with Crippen molar-refractivity contribution in [1.29, 1.82) is 0 Å². The molecule has 0 aliphatic carbocycles. The van der Waals surface area contributed by atoms with Crippen LogP contribution in [-0.4, -0.2) is 0 Å². The summed E-state index contributed by atoms with van der Waals surface area (Å²) in [5.74, 6) is 0. The van der Waals surface area contributed by atoms with Gasteiger partial charge in [0.2, 0.25) is 0 Å². The van der Waals surface area contributed by atoms with Crippen molar-refractivity contribution in [1.82, 2.24) is 0 Å². The molecule has 0 nitrogen and oxygen atoms in total. The Kier molecular flexibility index (Phi) is 34.8. The fourth-order valence-corrected chi connectivity index (χ4v) is 14.4. The molecule has 0 N–H and O–H groups in total. The van der Waals surface area contributed by atoms with Crippen LogP contribution < -0.4 is 0 Å². The fraction of sp³-hybridized carbons (Fsp3) is 0.463. The summed E-state index contributed by atoms with van der Waals surface area (Å²) >= 11 is 0. The number of benzene rings is 11. The Hall–Kier alpha value is -8.58. The Labute approximate surface area is 757 Å². The zero-order valence-corrected chi connectivity index (χ0v) is 86.3. The summed E-state index contributed by atoms with van der Waals surface area (Å²) in [6.45, 7) is 97.2. The molecule has 11 rings (SSSR count). The topological polar surface area (TPSA) is 0 Å². The van der Waals surface area contributed by atoms with E-state index in [4.69, 9.17) is 0 Å². The largest absolute Gasteiger partial charge is 0.0620 e. The second kappa shape index (κ2) is 40.8. The minimum Gasteiger partial charge on any atom is -0.0620 e. The summed E-state index contributed by atoms with van der Waals surface area (Å²) in [6, 6.07) is 96.0. The first-order valence-electron chi connectivity index (χ1n) is 46.0. The average Bonchev–Trinajstić information content (AvgIpc) is 0.623. The van der Waals surface area contributed by atoms with E-state index in [1.165, 1.54) is 128 Å². The van der Waals surface area contributed by atoms with Gasteiger partial charge in [0, 0.05) is 0 Å². The van der Waals surface area contributed by atoms with Crippen LogP contribution in [0.4, 0.5) is 0 Å². The molecule has 0 amide bonds. The van der Waals surface area contributed by atoms with Crippen LogP contribution in [0.15, 0.2) is 261 Å². The summed E-state index contributed by atoms with van der Waals surface area (Å²) in [5, 5.41) is 0. The maximum absolute atomic E-state index is 2.35. The molecule has 0 heteroatoms. The second-order valence-electron chi connectivity index (χ2n) is 49.3. The van der Waals surface area contributed by atoms with E-state index in [9.17, 15) is 0 Å². The molecule has 0 heterocycles. The SMILES string of the molecule is CC(C)(C)c1ccc(-c2ccc(C(C)(C)C)cc2)cc1.CC(C)(C)c1ccc(-c2cccc(C(C)(C)C)c2)cc1.CC(C)(C)c1ccc(C(C)(C)C)cc1.CC(C)(C)c1cccc(-c2cccc(C(C)(C)C)c2)c1.CC(C)(C)c1cccc(-c2ccccc2C(C)(C)C)c1.CC(C)(C)c1ccccc1C(C)(C)C.Cc1cc(C(C)(C)C)cc(C(C)(C)C)c1. The van der Waals surface area contributed by atoms with Crippen LogP contribution in [0.25, 0.3) is 44.5 Å². The maximum Gasteiger partial charge on any atom is -0.0126 e. The third-order valence-electron chi connectivity index (χ3n) is 23.2. The molecular formula is C123H172. The molecule has 0 radical (unpaired) electrons. The van der Waals surface area contributed by atoms with Gasteiger partial charge in [-0.1, -0.05) is 557 Å². The molecule has 0 aliphatic rings. The lowest BCUT2D eigenvalue weighted by atomic mass is 9.75. The molecule has 664 valence electrons. The number of rotatable bonds is 4. The van der Waals surface area contributed by atoms with E-state index in [2.05, 4.69) is 559 Å². The Balaban J connectivity index is 0.000000256. The summed E-state index contributed by atoms with van der Waals surface area (Å²) < 4.78 is 0. The van der Waals surface area contributed by atoms with Crippen molar-refractivity contribution in [3.8, 4) is 44.5 Å². The Morgan fingerprint density at radius 3 is 0.537 bits per heavy atom. The molecule has 0 saturated carbocycles. The molecule has 0 spiro atoms. The highest BCUT2D eigenvalue weighted by molar-refractivity contribution is 5.71. The molecule has 0 fully saturated rings. The molecular weight excluding hydrogens is 1480 g/mol. The van der Waals surface area contributed by atoms with Gasteiger partial charge in [0.05, 0.1) is 0 Å². The predicted molar refractivity (Wildman–Crippen MR) is 553 cm³/mol. The highest BCUT2D eigenvalue weighted by atomic mass is 14.3. The van der Waals surface area contributed by atoms with E-state index in [0.717, 1.165) is 0 Å². The molecule has 0 unspecified atom stereocenters. The molecule has 11 aromatic carbocycles. The molecule has 123 heavy (non-hydrogen) atoms. The molecule has 0 atom stereocenters. The quantitative estimate of drug-likeness (QED) is 0.165. The van der Waals surface area contributed by atoms with Gasteiger partial charge < -0.3 is 0 Å². The first kappa shape index (κ1) is 105. The van der Waals surface area contributed by atoms with Crippen LogP contribution in [0.1, 0.15) is 374 Å². The van der Waals surface area contributed by atoms with E-state index < -0.39 is 0 Å². The second-order valence-corrected chi connectivity index (χ2v) is 49.3. The lowest BCUT2D eigenvalue weighted by Gasteiger charge is -2.29. The zero-order valence-electron chi connectivity index (χ0n) is 86.3. The lowest BCUT2D eigenvalue weighted by molar-refractivity contribution is 0.530. The van der Waals surface area contributed by atoms with Gasteiger partial charge in [-0.15, -0.1) is 0 Å². The Morgan fingerprint density at radius 1 is 0.122 bits per heavy atom. The van der Waals surface area contributed by atoms with Crippen molar-refractivity contribution in [2.45, 2.75) is 374 Å². The van der Waals surface area contributed by atoms with Crippen LogP contribution in [0.5, 0.6) is 0 Å². The smallest absolute Gasteiger partial charge is 0.0126 e. The first-order chi connectivity index (χ1) is 55.8. The van der Waals surface area contributed by atoms with E-state index in [1.54, 1.807) is 0 Å². The van der Waals surface area contributed by atoms with Crippen molar-refractivity contribution in [3.05, 3.63) is 344 Å². The van der Waals surface area contributed by atoms with Crippen molar-refractivity contribution in [3.63, 3.8) is 0 Å². The molecule has 0 aromatic heterocycles. The standard InChI is InChI=1S/4C20H26.C15H24.2C14H22/c1-19(2,3)17-11-7-15(8-12-17)16-9-13-18(14-10-16)20(4,5)6;1-19(2,3)17-11-7-9-15(13-17)16-10-8-12-18(14-16)20(4,5)6;1-19(2,3)16-11-9-10-15(14-16)17-12-7-8-13-18(17)20(4,5)6;1-19(2,3)17-12-10-15(11-13-17)16-8-7-9-18(14-16)20(4,5)6;1-11-8-12(14(2,3)4)10-13(9-11)15(5,6)7;1-13(2,3)11-7-9-12(10-8-11)14(4,5)6;1-13(2,3)11-9-7-8-10-12(11)14(4,5)6/h4*7-14H,1-6H3;8-10H,1-7H3;2*7-10H,1-6H3. The Morgan fingerprint density at radius 2 is 0.309 bits per heavy atom. The third-order valence-corrected chi connectivity index (χ3v) is 23.2. The number of hydrogen-bond acceptors (Lipinski definition) is 0. The molecule has 0 saturated heterocycles. The molecule has 0 bridgehead atoms. The number of hydrogen-bond donors (Lipinski definition) is 0. The van der Waals surface area contributed by atoms with Gasteiger partial charge in [-0.3, -0.25) is 0 Å². The van der Waals surface area contributed by atoms with Crippen LogP contribution in [0.3, 0.4) is 0 Å². The van der Waals surface area contributed by atoms with Gasteiger partial charge in [0.25, 0.3) is 0 Å². The van der Waals surface area contributed by atoms with Crippen molar-refractivity contribution >= 4 is 0 Å². The van der Waals surface area contributed by atoms with Gasteiger partial charge in [-0.25, -0.2) is 0 Å². The van der Waals surface area contributed by atoms with E-state index in [0.29, 0.717) is 0 Å². The third kappa shape index (κ3) is 33.4. The van der Waals surface area contributed by atoms with E-state index in [1.807, 2.05) is 0 Å². The monoisotopic (exact) mass is 1650 g/mol. The Bertz CT molecular complexity index is 4860. The summed E-state index contributed by atoms with van der Waals surface area (Å²) in [6.07, 6.45) is 0.